The van der Waals surface area contributed by atoms with E-state index in [9.17, 15) is 24.8 Å². The number of nitro benzene ring substituents is 1. The second-order valence-corrected chi connectivity index (χ2v) is 8.15. The van der Waals surface area contributed by atoms with E-state index in [1.54, 1.807) is 13.8 Å². The number of aromatic hydroxyl groups is 1. The Balaban J connectivity index is 2.30. The molecule has 1 aliphatic heterocycles. The zero-order chi connectivity index (χ0) is 21.5. The Morgan fingerprint density at radius 3 is 2.69 bits per heavy atom. The summed E-state index contributed by atoms with van der Waals surface area (Å²) in [6, 6.07) is 3.64. The van der Waals surface area contributed by atoms with E-state index in [4.69, 9.17) is 4.74 Å². The largest absolute Gasteiger partial charge is 0.508 e. The number of hydrogen-bond donors (Lipinski definition) is 2. The highest BCUT2D eigenvalue weighted by atomic mass is 16.6. The Labute approximate surface area is 168 Å². The maximum Gasteiger partial charge on any atom is 0.336 e. The zero-order valence-corrected chi connectivity index (χ0v) is 16.9. The number of hydrogen-bond acceptors (Lipinski definition) is 7. The van der Waals surface area contributed by atoms with Crippen LogP contribution in [0.4, 0.5) is 5.69 Å². The topological polar surface area (TPSA) is 119 Å². The highest BCUT2D eigenvalue weighted by Gasteiger charge is 2.45. The van der Waals surface area contributed by atoms with Crippen LogP contribution in [0.25, 0.3) is 0 Å². The number of ketones is 1. The molecule has 29 heavy (non-hydrogen) atoms. The molecule has 0 bridgehead atoms. The highest BCUT2D eigenvalue weighted by molar-refractivity contribution is 6.04. The molecule has 0 spiro atoms. The van der Waals surface area contributed by atoms with E-state index in [2.05, 4.69) is 5.32 Å². The van der Waals surface area contributed by atoms with Crippen molar-refractivity contribution in [3.63, 3.8) is 0 Å². The number of nitro groups is 1. The van der Waals surface area contributed by atoms with Crippen LogP contribution in [0.15, 0.2) is 40.7 Å². The Hall–Kier alpha value is -3.16. The molecule has 1 atom stereocenters. The minimum atomic E-state index is -0.985. The number of dihydropyridines is 1. The molecule has 1 unspecified atom stereocenters. The van der Waals surface area contributed by atoms with Crippen LogP contribution in [0.5, 0.6) is 5.75 Å². The summed E-state index contributed by atoms with van der Waals surface area (Å²) in [5.41, 5.74) is 1.15. The summed E-state index contributed by atoms with van der Waals surface area (Å²) in [4.78, 5) is 37.0. The molecule has 0 radical (unpaired) electrons. The smallest absolute Gasteiger partial charge is 0.336 e. The second-order valence-electron chi connectivity index (χ2n) is 8.15. The van der Waals surface area contributed by atoms with E-state index in [0.29, 0.717) is 23.4 Å². The van der Waals surface area contributed by atoms with Gasteiger partial charge in [-0.3, -0.25) is 14.9 Å². The lowest BCUT2D eigenvalue weighted by Crippen LogP contribution is -2.38. The molecule has 2 N–H and O–H groups in total. The van der Waals surface area contributed by atoms with E-state index in [0.717, 1.165) is 0 Å². The van der Waals surface area contributed by atoms with Crippen molar-refractivity contribution < 1.29 is 24.4 Å². The number of esters is 1. The number of nitrogens with one attached hydrogen (secondary N) is 1. The van der Waals surface area contributed by atoms with E-state index in [-0.39, 0.29) is 46.8 Å². The Morgan fingerprint density at radius 1 is 1.38 bits per heavy atom. The van der Waals surface area contributed by atoms with Gasteiger partial charge in [-0.05, 0) is 37.8 Å². The van der Waals surface area contributed by atoms with Crippen molar-refractivity contribution in [2.45, 2.75) is 46.5 Å². The molecular weight excluding hydrogens is 376 g/mol. The summed E-state index contributed by atoms with van der Waals surface area (Å²) in [5, 5.41) is 24.9. The van der Waals surface area contributed by atoms with Crippen LogP contribution < -0.4 is 5.32 Å². The number of rotatable bonds is 4. The third kappa shape index (κ3) is 3.74. The minimum absolute atomic E-state index is 0.0967. The number of phenolic OH excluding ortho intramolecular Hbond substituents is 1. The first kappa shape index (κ1) is 20.6. The summed E-state index contributed by atoms with van der Waals surface area (Å²) in [6.07, 6.45) is 0.816. The molecular formula is C21H24N2O6. The Bertz CT molecular complexity index is 973. The van der Waals surface area contributed by atoms with Crippen molar-refractivity contribution in [3.8, 4) is 5.75 Å². The average molecular weight is 400 g/mol. The number of carbonyl (C=O) groups is 2. The van der Waals surface area contributed by atoms with Crippen LogP contribution in [0.3, 0.4) is 0 Å². The number of nitrogens with zero attached hydrogens (tertiary/aromatic N) is 1. The average Bonchev–Trinajstić information content (AvgIpc) is 2.59. The van der Waals surface area contributed by atoms with Crippen LogP contribution in [0.1, 0.15) is 52.0 Å². The maximum absolute atomic E-state index is 13.1. The van der Waals surface area contributed by atoms with Gasteiger partial charge in [0.2, 0.25) is 0 Å². The molecule has 2 aliphatic rings. The van der Waals surface area contributed by atoms with Crippen molar-refractivity contribution in [1.29, 1.82) is 0 Å². The molecule has 0 saturated carbocycles. The molecule has 0 fully saturated rings. The van der Waals surface area contributed by atoms with Gasteiger partial charge in [0, 0.05) is 35.0 Å². The number of benzene rings is 1. The third-order valence-electron chi connectivity index (χ3n) is 5.25. The third-order valence-corrected chi connectivity index (χ3v) is 5.25. The van der Waals surface area contributed by atoms with Gasteiger partial charge in [0.1, 0.15) is 5.75 Å². The first-order valence-corrected chi connectivity index (χ1v) is 9.44. The molecule has 3 rings (SSSR count). The molecule has 0 amide bonds. The molecule has 1 aromatic carbocycles. The zero-order valence-electron chi connectivity index (χ0n) is 16.9. The highest BCUT2D eigenvalue weighted by Crippen LogP contribution is 2.49. The van der Waals surface area contributed by atoms with E-state index in [1.807, 2.05) is 13.8 Å². The molecule has 1 aliphatic carbocycles. The summed E-state index contributed by atoms with van der Waals surface area (Å²) >= 11 is 0. The number of ether oxygens (including phenoxy) is 1. The van der Waals surface area contributed by atoms with Gasteiger partial charge < -0.3 is 15.2 Å². The quantitative estimate of drug-likeness (QED) is 0.451. The van der Waals surface area contributed by atoms with Crippen LogP contribution in [-0.2, 0) is 14.3 Å². The van der Waals surface area contributed by atoms with Crippen LogP contribution in [-0.4, -0.2) is 28.4 Å². The predicted octanol–water partition coefficient (Wildman–Crippen LogP) is 3.47. The monoisotopic (exact) mass is 400 g/mol. The summed E-state index contributed by atoms with van der Waals surface area (Å²) < 4.78 is 5.19. The predicted molar refractivity (Wildman–Crippen MR) is 105 cm³/mol. The summed E-state index contributed by atoms with van der Waals surface area (Å²) in [7, 11) is 0. The molecule has 1 heterocycles. The fraction of sp³-hybridized carbons (Fsp3) is 0.429. The molecule has 8 nitrogen and oxygen atoms in total. The fourth-order valence-corrected chi connectivity index (χ4v) is 4.17. The Kier molecular flexibility index (Phi) is 5.21. The SMILES string of the molecule is CCOC(=O)C1=C(C)NC2=C(C(=O)CC(C)(C)C2)C1c1cc(O)ccc1[N+](=O)[O-]. The first-order chi connectivity index (χ1) is 13.6. The number of carbonyl (C=O) groups excluding carboxylic acids is 2. The summed E-state index contributed by atoms with van der Waals surface area (Å²) in [5.74, 6) is -2.00. The van der Waals surface area contributed by atoms with Crippen molar-refractivity contribution in [2.75, 3.05) is 6.61 Å². The van der Waals surface area contributed by atoms with Crippen molar-refractivity contribution in [3.05, 3.63) is 56.4 Å². The number of allylic oxidation sites excluding steroid dienone is 3. The maximum atomic E-state index is 13.1. The Morgan fingerprint density at radius 2 is 2.07 bits per heavy atom. The van der Waals surface area contributed by atoms with E-state index >= 15 is 0 Å². The van der Waals surface area contributed by atoms with Crippen LogP contribution in [0.2, 0.25) is 0 Å². The van der Waals surface area contributed by atoms with Gasteiger partial charge in [0.25, 0.3) is 5.69 Å². The van der Waals surface area contributed by atoms with Crippen molar-refractivity contribution >= 4 is 17.4 Å². The van der Waals surface area contributed by atoms with E-state index < -0.39 is 16.8 Å². The van der Waals surface area contributed by atoms with Crippen molar-refractivity contribution in [1.82, 2.24) is 5.32 Å². The number of phenols is 1. The first-order valence-electron chi connectivity index (χ1n) is 9.44. The summed E-state index contributed by atoms with van der Waals surface area (Å²) in [6.45, 7) is 7.42. The minimum Gasteiger partial charge on any atom is -0.508 e. The van der Waals surface area contributed by atoms with E-state index in [1.165, 1.54) is 18.2 Å². The van der Waals surface area contributed by atoms with Gasteiger partial charge in [-0.15, -0.1) is 0 Å². The van der Waals surface area contributed by atoms with Gasteiger partial charge in [0.15, 0.2) is 5.78 Å². The molecule has 154 valence electrons. The molecule has 0 aromatic heterocycles. The second kappa shape index (κ2) is 7.35. The van der Waals surface area contributed by atoms with Gasteiger partial charge in [-0.2, -0.15) is 0 Å². The van der Waals surface area contributed by atoms with Gasteiger partial charge in [-0.25, -0.2) is 4.79 Å². The van der Waals surface area contributed by atoms with Crippen molar-refractivity contribution in [2.24, 2.45) is 5.41 Å². The molecule has 8 heteroatoms. The standard InChI is InChI=1S/C21H24N2O6/c1-5-29-20(26)17-11(2)22-14-9-21(3,4)10-16(25)19(14)18(17)13-8-12(24)6-7-15(13)23(27)28/h6-8,18,22,24H,5,9-10H2,1-4H3. The van der Waals surface area contributed by atoms with Crippen LogP contribution in [0, 0.1) is 15.5 Å². The van der Waals surface area contributed by atoms with Gasteiger partial charge in [-0.1, -0.05) is 13.8 Å². The van der Waals surface area contributed by atoms with Gasteiger partial charge in [0.05, 0.1) is 23.0 Å². The number of Topliss-reactive ketones (excluding diaryl/α,β-unsaturated/α-hetero) is 1. The molecule has 0 saturated heterocycles. The lowest BCUT2D eigenvalue weighted by molar-refractivity contribution is -0.385. The van der Waals surface area contributed by atoms with Gasteiger partial charge >= 0.3 is 5.97 Å². The lowest BCUT2D eigenvalue weighted by atomic mass is 9.68. The lowest BCUT2D eigenvalue weighted by Gasteiger charge is -2.39. The fourth-order valence-electron chi connectivity index (χ4n) is 4.17. The normalized spacial score (nSPS) is 20.8. The van der Waals surface area contributed by atoms with Crippen LogP contribution >= 0.6 is 0 Å². The molecule has 1 aromatic rings.